The summed E-state index contributed by atoms with van der Waals surface area (Å²) in [6.07, 6.45) is 0. The van der Waals surface area contributed by atoms with Crippen LogP contribution >= 0.6 is 0 Å². The lowest BCUT2D eigenvalue weighted by Crippen LogP contribution is -2.05. The zero-order valence-electron chi connectivity index (χ0n) is 10.1. The van der Waals surface area contributed by atoms with Gasteiger partial charge in [0.15, 0.2) is 17.4 Å². The van der Waals surface area contributed by atoms with E-state index in [4.69, 9.17) is 4.74 Å². The maximum Gasteiger partial charge on any atom is 0.170 e. The molecule has 2 rings (SSSR count). The Morgan fingerprint density at radius 2 is 2.06 bits per heavy atom. The Morgan fingerprint density at radius 3 is 2.71 bits per heavy atom. The molecule has 0 aliphatic rings. The van der Waals surface area contributed by atoms with Crippen molar-refractivity contribution in [2.45, 2.75) is 20.5 Å². The third-order valence-electron chi connectivity index (χ3n) is 2.70. The average Bonchev–Trinajstić information content (AvgIpc) is 2.62. The van der Waals surface area contributed by atoms with E-state index in [0.29, 0.717) is 11.4 Å². The molecule has 2 aromatic rings. The van der Waals surface area contributed by atoms with Gasteiger partial charge in [0, 0.05) is 7.05 Å². The monoisotopic (exact) mass is 235 g/mol. The lowest BCUT2D eigenvalue weighted by molar-refractivity contribution is 0.276. The number of halogens is 1. The Labute approximate surface area is 99.1 Å². The van der Waals surface area contributed by atoms with Crippen LogP contribution in [-0.4, -0.2) is 14.8 Å². The Bertz CT molecular complexity index is 537. The predicted molar refractivity (Wildman–Crippen MR) is 61.2 cm³/mol. The van der Waals surface area contributed by atoms with Gasteiger partial charge < -0.3 is 9.30 Å². The van der Waals surface area contributed by atoms with Gasteiger partial charge in [-0.1, -0.05) is 12.1 Å². The number of aromatic nitrogens is 3. The highest BCUT2D eigenvalue weighted by Gasteiger charge is 2.09. The molecule has 0 amide bonds. The first-order valence-corrected chi connectivity index (χ1v) is 5.32. The minimum atomic E-state index is -0.327. The quantitative estimate of drug-likeness (QED) is 0.818. The number of hydrogen-bond donors (Lipinski definition) is 0. The van der Waals surface area contributed by atoms with Crippen molar-refractivity contribution in [2.75, 3.05) is 0 Å². The smallest absolute Gasteiger partial charge is 0.170 e. The van der Waals surface area contributed by atoms with Crippen molar-refractivity contribution < 1.29 is 9.13 Å². The van der Waals surface area contributed by atoms with Gasteiger partial charge in [-0.05, 0) is 25.5 Å². The fraction of sp³-hybridized carbons (Fsp3) is 0.333. The Kier molecular flexibility index (Phi) is 3.08. The van der Waals surface area contributed by atoms with Crippen molar-refractivity contribution in [2.24, 2.45) is 7.05 Å². The van der Waals surface area contributed by atoms with Gasteiger partial charge in [-0.3, -0.25) is 0 Å². The molecule has 0 spiro atoms. The first-order chi connectivity index (χ1) is 8.09. The predicted octanol–water partition coefficient (Wildman–Crippen LogP) is 2.15. The van der Waals surface area contributed by atoms with E-state index in [2.05, 4.69) is 10.2 Å². The summed E-state index contributed by atoms with van der Waals surface area (Å²) in [6, 6.07) is 5.07. The van der Waals surface area contributed by atoms with Crippen LogP contribution in [0.4, 0.5) is 4.39 Å². The number of nitrogens with zero attached hydrogens (tertiary/aromatic N) is 3. The van der Waals surface area contributed by atoms with E-state index in [9.17, 15) is 4.39 Å². The molecule has 0 saturated carbocycles. The van der Waals surface area contributed by atoms with E-state index in [0.717, 1.165) is 5.82 Å². The average molecular weight is 235 g/mol. The van der Waals surface area contributed by atoms with Gasteiger partial charge in [0.1, 0.15) is 12.4 Å². The standard InChI is InChI=1S/C12H14FN3O/c1-8-5-4-6-10(12(8)13)17-7-11-15-14-9(2)16(11)3/h4-6H,7H2,1-3H3. The highest BCUT2D eigenvalue weighted by Crippen LogP contribution is 2.20. The normalized spacial score (nSPS) is 10.6. The number of ether oxygens (including phenoxy) is 1. The SMILES string of the molecule is Cc1cccc(OCc2nnc(C)n2C)c1F. The largest absolute Gasteiger partial charge is 0.483 e. The molecule has 0 aliphatic heterocycles. The van der Waals surface area contributed by atoms with Crippen LogP contribution in [0.5, 0.6) is 5.75 Å². The molecule has 0 saturated heterocycles. The molecule has 0 aliphatic carbocycles. The molecule has 1 aromatic heterocycles. The van der Waals surface area contributed by atoms with Crippen molar-refractivity contribution in [3.8, 4) is 5.75 Å². The minimum Gasteiger partial charge on any atom is -0.483 e. The molecule has 1 aromatic carbocycles. The zero-order valence-corrected chi connectivity index (χ0v) is 10.1. The topological polar surface area (TPSA) is 39.9 Å². The van der Waals surface area contributed by atoms with Crippen LogP contribution in [0, 0.1) is 19.7 Å². The van der Waals surface area contributed by atoms with Gasteiger partial charge in [-0.15, -0.1) is 10.2 Å². The highest BCUT2D eigenvalue weighted by molar-refractivity contribution is 5.30. The van der Waals surface area contributed by atoms with Crippen LogP contribution < -0.4 is 4.74 Å². The van der Waals surface area contributed by atoms with Crippen molar-refractivity contribution >= 4 is 0 Å². The van der Waals surface area contributed by atoms with Gasteiger partial charge in [-0.25, -0.2) is 4.39 Å². The molecule has 4 nitrogen and oxygen atoms in total. The number of aryl methyl sites for hydroxylation is 2. The van der Waals surface area contributed by atoms with Gasteiger partial charge in [0.2, 0.25) is 0 Å². The van der Waals surface area contributed by atoms with E-state index in [-0.39, 0.29) is 18.2 Å². The molecule has 0 atom stereocenters. The fourth-order valence-corrected chi connectivity index (χ4v) is 1.45. The molecular formula is C12H14FN3O. The van der Waals surface area contributed by atoms with Gasteiger partial charge in [0.05, 0.1) is 0 Å². The lowest BCUT2D eigenvalue weighted by atomic mass is 10.2. The maximum absolute atomic E-state index is 13.6. The molecule has 0 bridgehead atoms. The lowest BCUT2D eigenvalue weighted by Gasteiger charge is -2.08. The van der Waals surface area contributed by atoms with Crippen molar-refractivity contribution in [1.29, 1.82) is 0 Å². The first-order valence-electron chi connectivity index (χ1n) is 5.32. The van der Waals surface area contributed by atoms with Crippen LogP contribution in [0.3, 0.4) is 0 Å². The van der Waals surface area contributed by atoms with Crippen LogP contribution in [-0.2, 0) is 13.7 Å². The van der Waals surface area contributed by atoms with Gasteiger partial charge in [0.25, 0.3) is 0 Å². The van der Waals surface area contributed by atoms with Crippen molar-refractivity contribution in [1.82, 2.24) is 14.8 Å². The molecule has 0 unspecified atom stereocenters. The van der Waals surface area contributed by atoms with E-state index in [1.807, 2.05) is 18.5 Å². The van der Waals surface area contributed by atoms with Crippen LogP contribution in [0.25, 0.3) is 0 Å². The molecule has 90 valence electrons. The maximum atomic E-state index is 13.6. The highest BCUT2D eigenvalue weighted by atomic mass is 19.1. The summed E-state index contributed by atoms with van der Waals surface area (Å²) in [7, 11) is 1.85. The summed E-state index contributed by atoms with van der Waals surface area (Å²) in [4.78, 5) is 0. The van der Waals surface area contributed by atoms with Crippen LogP contribution in [0.15, 0.2) is 18.2 Å². The number of benzene rings is 1. The third-order valence-corrected chi connectivity index (χ3v) is 2.70. The second kappa shape index (κ2) is 4.53. The van der Waals surface area contributed by atoms with Crippen molar-refractivity contribution in [3.05, 3.63) is 41.2 Å². The van der Waals surface area contributed by atoms with Crippen LogP contribution in [0.1, 0.15) is 17.2 Å². The number of rotatable bonds is 3. The van der Waals surface area contributed by atoms with Gasteiger partial charge >= 0.3 is 0 Å². The van der Waals surface area contributed by atoms with E-state index < -0.39 is 0 Å². The minimum absolute atomic E-state index is 0.206. The van der Waals surface area contributed by atoms with E-state index in [1.165, 1.54) is 0 Å². The van der Waals surface area contributed by atoms with E-state index in [1.54, 1.807) is 25.1 Å². The summed E-state index contributed by atoms with van der Waals surface area (Å²) < 4.78 is 20.9. The first kappa shape index (κ1) is 11.6. The molecule has 1 heterocycles. The summed E-state index contributed by atoms with van der Waals surface area (Å²) in [5.74, 6) is 1.38. The number of hydrogen-bond acceptors (Lipinski definition) is 3. The second-order valence-corrected chi connectivity index (χ2v) is 3.90. The molecular weight excluding hydrogens is 221 g/mol. The zero-order chi connectivity index (χ0) is 12.4. The summed E-state index contributed by atoms with van der Waals surface area (Å²) in [5.41, 5.74) is 0.566. The third kappa shape index (κ3) is 2.27. The Balaban J connectivity index is 2.13. The summed E-state index contributed by atoms with van der Waals surface area (Å²) >= 11 is 0. The summed E-state index contributed by atoms with van der Waals surface area (Å²) in [5, 5.41) is 7.86. The molecule has 0 fully saturated rings. The molecule has 0 radical (unpaired) electrons. The van der Waals surface area contributed by atoms with Crippen molar-refractivity contribution in [3.63, 3.8) is 0 Å². The Morgan fingerprint density at radius 1 is 1.29 bits per heavy atom. The molecule has 0 N–H and O–H groups in total. The van der Waals surface area contributed by atoms with E-state index >= 15 is 0 Å². The second-order valence-electron chi connectivity index (χ2n) is 3.90. The molecule has 5 heteroatoms. The fourth-order valence-electron chi connectivity index (χ4n) is 1.45. The molecule has 17 heavy (non-hydrogen) atoms. The summed E-state index contributed by atoms with van der Waals surface area (Å²) in [6.45, 7) is 3.76. The van der Waals surface area contributed by atoms with Crippen LogP contribution in [0.2, 0.25) is 0 Å². The van der Waals surface area contributed by atoms with Gasteiger partial charge in [-0.2, -0.15) is 0 Å². The Hall–Kier alpha value is -1.91.